The van der Waals surface area contributed by atoms with E-state index in [1.54, 1.807) is 7.05 Å². The van der Waals surface area contributed by atoms with Gasteiger partial charge in [-0.15, -0.1) is 6.58 Å². The van der Waals surface area contributed by atoms with Crippen LogP contribution in [0.2, 0.25) is 0 Å². The van der Waals surface area contributed by atoms with Gasteiger partial charge in [-0.05, 0) is 24.0 Å². The van der Waals surface area contributed by atoms with E-state index in [9.17, 15) is 14.4 Å². The lowest BCUT2D eigenvalue weighted by Gasteiger charge is -2.37. The van der Waals surface area contributed by atoms with Gasteiger partial charge < -0.3 is 4.74 Å². The van der Waals surface area contributed by atoms with E-state index in [2.05, 4.69) is 6.58 Å². The molecule has 2 amide bonds. The predicted octanol–water partition coefficient (Wildman–Crippen LogP) is 2.41. The second kappa shape index (κ2) is 10.0. The number of ether oxygens (including phenoxy) is 1. The van der Waals surface area contributed by atoms with Crippen LogP contribution in [0.25, 0.3) is 0 Å². The smallest absolute Gasteiger partial charge is 0.397 e. The third kappa shape index (κ3) is 5.41. The Kier molecular flexibility index (Phi) is 9.64. The third-order valence-electron chi connectivity index (χ3n) is 2.64. The first-order valence-electron chi connectivity index (χ1n) is 6.83. The van der Waals surface area contributed by atoms with Crippen molar-refractivity contribution in [1.82, 2.24) is 9.34 Å². The SMILES string of the molecule is C=CCC(=O)N(C)P(=S)(SCC)N(C)C(=O)C(=O)OCCC. The van der Waals surface area contributed by atoms with Gasteiger partial charge in [0.05, 0.1) is 6.61 Å². The van der Waals surface area contributed by atoms with E-state index in [-0.39, 0.29) is 18.9 Å². The van der Waals surface area contributed by atoms with E-state index >= 15 is 0 Å². The van der Waals surface area contributed by atoms with Crippen LogP contribution in [-0.2, 0) is 30.9 Å². The summed E-state index contributed by atoms with van der Waals surface area (Å²) in [6.45, 7) is 7.41. The number of esters is 1. The van der Waals surface area contributed by atoms with E-state index < -0.39 is 17.4 Å². The van der Waals surface area contributed by atoms with Gasteiger partial charge in [0.2, 0.25) is 5.91 Å². The van der Waals surface area contributed by atoms with Crippen LogP contribution in [0.15, 0.2) is 12.7 Å². The van der Waals surface area contributed by atoms with Gasteiger partial charge in [-0.1, -0.05) is 31.3 Å². The Bertz CT molecular complexity index is 485. The van der Waals surface area contributed by atoms with E-state index in [0.717, 1.165) is 0 Å². The molecular formula is C13H23N2O4PS2. The van der Waals surface area contributed by atoms with E-state index in [1.807, 2.05) is 13.8 Å². The number of nitrogens with zero attached hydrogens (tertiary/aromatic N) is 2. The van der Waals surface area contributed by atoms with Crippen molar-refractivity contribution in [1.29, 1.82) is 0 Å². The second-order valence-corrected chi connectivity index (χ2v) is 11.8. The molecule has 126 valence electrons. The predicted molar refractivity (Wildman–Crippen MR) is 94.0 cm³/mol. The van der Waals surface area contributed by atoms with Gasteiger partial charge in [-0.2, -0.15) is 0 Å². The Hall–Kier alpha value is -0.850. The van der Waals surface area contributed by atoms with Gasteiger partial charge in [-0.25, -0.2) is 4.79 Å². The molecule has 0 aliphatic carbocycles. The molecule has 0 aromatic heterocycles. The van der Waals surface area contributed by atoms with Crippen LogP contribution in [0.1, 0.15) is 26.7 Å². The first kappa shape index (κ1) is 21.1. The zero-order valence-corrected chi connectivity index (χ0v) is 15.9. The molecule has 0 bridgehead atoms. The van der Waals surface area contributed by atoms with Gasteiger partial charge in [0.15, 0.2) is 5.54 Å². The van der Waals surface area contributed by atoms with Crippen molar-refractivity contribution >= 4 is 46.5 Å². The first-order chi connectivity index (χ1) is 10.3. The molecule has 0 aliphatic heterocycles. The lowest BCUT2D eigenvalue weighted by Crippen LogP contribution is -2.37. The molecule has 0 aliphatic rings. The molecule has 0 rings (SSSR count). The van der Waals surface area contributed by atoms with Crippen LogP contribution in [0.5, 0.6) is 0 Å². The van der Waals surface area contributed by atoms with Crippen molar-refractivity contribution in [3.05, 3.63) is 12.7 Å². The summed E-state index contributed by atoms with van der Waals surface area (Å²) in [5.74, 6) is -1.39. The summed E-state index contributed by atoms with van der Waals surface area (Å²) >= 11 is 6.90. The van der Waals surface area contributed by atoms with Crippen LogP contribution in [0.3, 0.4) is 0 Å². The highest BCUT2D eigenvalue weighted by Gasteiger charge is 2.37. The van der Waals surface area contributed by atoms with Crippen LogP contribution in [0, 0.1) is 0 Å². The average Bonchev–Trinajstić information content (AvgIpc) is 2.50. The molecule has 1 atom stereocenters. The van der Waals surface area contributed by atoms with Gasteiger partial charge in [0, 0.05) is 20.5 Å². The maximum Gasteiger partial charge on any atom is 0.397 e. The molecule has 0 aromatic carbocycles. The number of carbonyl (C=O) groups is 3. The van der Waals surface area contributed by atoms with Gasteiger partial charge >= 0.3 is 11.9 Å². The monoisotopic (exact) mass is 366 g/mol. The Morgan fingerprint density at radius 1 is 1.27 bits per heavy atom. The quantitative estimate of drug-likeness (QED) is 0.284. The average molecular weight is 366 g/mol. The standard InChI is InChI=1S/C13H23N2O4PS2/c1-6-9-11(16)14(4)20(21,22-8-3)15(5)12(17)13(18)19-10-7-2/h6H,1,7-10H2,2-5H3. The maximum atomic E-state index is 12.2. The zero-order valence-electron chi connectivity index (χ0n) is 13.4. The van der Waals surface area contributed by atoms with Crippen molar-refractivity contribution in [2.24, 2.45) is 0 Å². The van der Waals surface area contributed by atoms with E-state index in [0.29, 0.717) is 12.2 Å². The number of hydrogen-bond acceptors (Lipinski definition) is 6. The summed E-state index contributed by atoms with van der Waals surface area (Å²) in [7, 11) is 2.99. The summed E-state index contributed by atoms with van der Waals surface area (Å²) in [6, 6.07) is 0. The lowest BCUT2D eigenvalue weighted by atomic mass is 10.4. The molecule has 6 nitrogen and oxygen atoms in total. The molecule has 0 aromatic rings. The summed E-state index contributed by atoms with van der Waals surface area (Å²) < 4.78 is 7.40. The summed E-state index contributed by atoms with van der Waals surface area (Å²) in [4.78, 5) is 36.0. The summed E-state index contributed by atoms with van der Waals surface area (Å²) in [5.41, 5.74) is -2.76. The first-order valence-corrected chi connectivity index (χ1v) is 11.1. The molecule has 0 fully saturated rings. The van der Waals surface area contributed by atoms with Crippen LogP contribution in [-0.4, -0.2) is 53.6 Å². The summed E-state index contributed by atoms with van der Waals surface area (Å²) in [6.07, 6.45) is 2.23. The summed E-state index contributed by atoms with van der Waals surface area (Å²) in [5, 5.41) is 0. The molecule has 0 N–H and O–H groups in total. The van der Waals surface area contributed by atoms with E-state index in [4.69, 9.17) is 16.5 Å². The minimum absolute atomic E-state index is 0.126. The molecule has 22 heavy (non-hydrogen) atoms. The molecular weight excluding hydrogens is 343 g/mol. The fraction of sp³-hybridized carbons (Fsp3) is 0.615. The molecule has 1 unspecified atom stereocenters. The molecule has 0 radical (unpaired) electrons. The lowest BCUT2D eigenvalue weighted by molar-refractivity contribution is -0.157. The molecule has 0 heterocycles. The minimum Gasteiger partial charge on any atom is -0.459 e. The van der Waals surface area contributed by atoms with E-state index in [1.165, 1.54) is 33.8 Å². The molecule has 0 saturated heterocycles. The van der Waals surface area contributed by atoms with Gasteiger partial charge in [0.25, 0.3) is 0 Å². The highest BCUT2D eigenvalue weighted by atomic mass is 32.9. The largest absolute Gasteiger partial charge is 0.459 e. The Balaban J connectivity index is 5.32. The van der Waals surface area contributed by atoms with Crippen LogP contribution in [0.4, 0.5) is 0 Å². The van der Waals surface area contributed by atoms with Crippen molar-refractivity contribution in [2.75, 3.05) is 26.5 Å². The Morgan fingerprint density at radius 3 is 2.32 bits per heavy atom. The number of carbonyl (C=O) groups excluding carboxylic acids is 3. The van der Waals surface area contributed by atoms with Crippen molar-refractivity contribution in [2.45, 2.75) is 26.7 Å². The minimum atomic E-state index is -2.76. The second-order valence-electron chi connectivity index (χ2n) is 4.28. The van der Waals surface area contributed by atoms with Crippen LogP contribution >= 0.6 is 16.9 Å². The van der Waals surface area contributed by atoms with Gasteiger partial charge in [-0.3, -0.25) is 18.9 Å². The van der Waals surface area contributed by atoms with Crippen molar-refractivity contribution < 1.29 is 19.1 Å². The fourth-order valence-corrected chi connectivity index (χ4v) is 7.19. The highest BCUT2D eigenvalue weighted by molar-refractivity contribution is 8.69. The number of hydrogen-bond donors (Lipinski definition) is 0. The van der Waals surface area contributed by atoms with Crippen molar-refractivity contribution in [3.8, 4) is 0 Å². The maximum absolute atomic E-state index is 12.2. The van der Waals surface area contributed by atoms with Crippen molar-refractivity contribution in [3.63, 3.8) is 0 Å². The molecule has 0 saturated carbocycles. The number of rotatable bonds is 8. The Morgan fingerprint density at radius 2 is 1.86 bits per heavy atom. The highest BCUT2D eigenvalue weighted by Crippen LogP contribution is 2.63. The number of likely N-dealkylation sites (N-methyl/N-ethyl adjacent to an activating group) is 1. The third-order valence-corrected chi connectivity index (χ3v) is 10.8. The zero-order chi connectivity index (χ0) is 17.3. The fourth-order valence-electron chi connectivity index (χ4n) is 1.44. The van der Waals surface area contributed by atoms with Gasteiger partial charge in [0.1, 0.15) is 0 Å². The Labute approximate surface area is 141 Å². The normalized spacial score (nSPS) is 12.9. The number of amides is 2. The van der Waals surface area contributed by atoms with Crippen LogP contribution < -0.4 is 0 Å². The molecule has 9 heteroatoms. The topological polar surface area (TPSA) is 66.9 Å². The molecule has 0 spiro atoms.